The second-order valence-corrected chi connectivity index (χ2v) is 14.1. The van der Waals surface area contributed by atoms with Crippen LogP contribution in [0.5, 0.6) is 0 Å². The van der Waals surface area contributed by atoms with E-state index in [0.29, 0.717) is 0 Å². The maximum atomic E-state index is 11.3. The molecule has 4 aromatic rings. The Morgan fingerprint density at radius 3 is 1.34 bits per heavy atom. The van der Waals surface area contributed by atoms with Gasteiger partial charge in [0.25, 0.3) is 10.1 Å². The standard InChI is InChI=1S/C22H24P.C10H10O7S/c1-2-3-19-23(20-13-7-4-8-14-20,21-15-9-5-10-16-21)22-17-11-6-12-18-22;1-16-9(11)6-3-7(10(12)17-2)5-8(4-6)18(13,14)15/h4-18H,2-3,19H2,1H3;3-5H,1-2H3,(H,13,14,15)/q+1;. The maximum absolute atomic E-state index is 11.3. The van der Waals surface area contributed by atoms with E-state index < -0.39 is 34.2 Å². The van der Waals surface area contributed by atoms with E-state index in [1.54, 1.807) is 0 Å². The molecule has 0 saturated carbocycles. The van der Waals surface area contributed by atoms with Crippen LogP contribution in [0.1, 0.15) is 40.5 Å². The topological polar surface area (TPSA) is 107 Å². The zero-order valence-corrected chi connectivity index (χ0v) is 25.0. The first-order valence-electron chi connectivity index (χ1n) is 13.0. The predicted octanol–water partition coefficient (Wildman–Crippen LogP) is 5.29. The number of unbranched alkanes of at least 4 members (excludes halogenated alkanes) is 1. The monoisotopic (exact) mass is 593 g/mol. The summed E-state index contributed by atoms with van der Waals surface area (Å²) < 4.78 is 39.7. The molecule has 214 valence electrons. The van der Waals surface area contributed by atoms with E-state index in [1.807, 2.05) is 0 Å². The van der Waals surface area contributed by atoms with E-state index in [1.165, 1.54) is 34.9 Å². The number of hydrogen-bond donors (Lipinski definition) is 1. The van der Waals surface area contributed by atoms with E-state index in [4.69, 9.17) is 4.55 Å². The predicted molar refractivity (Wildman–Crippen MR) is 164 cm³/mol. The molecule has 0 saturated heterocycles. The van der Waals surface area contributed by atoms with Crippen molar-refractivity contribution in [2.45, 2.75) is 24.7 Å². The first-order chi connectivity index (χ1) is 19.7. The molecular weight excluding hydrogens is 559 g/mol. The molecule has 0 amide bonds. The lowest BCUT2D eigenvalue weighted by atomic mass is 10.1. The lowest BCUT2D eigenvalue weighted by molar-refractivity contribution is 0.0598. The van der Waals surface area contributed by atoms with Crippen molar-refractivity contribution < 1.29 is 32.0 Å². The van der Waals surface area contributed by atoms with Crippen LogP contribution in [-0.4, -0.2) is 45.3 Å². The summed E-state index contributed by atoms with van der Waals surface area (Å²) in [6.45, 7) is 2.29. The third-order valence-corrected chi connectivity index (χ3v) is 11.8. The van der Waals surface area contributed by atoms with Gasteiger partial charge in [-0.05, 0) is 61.0 Å². The summed E-state index contributed by atoms with van der Waals surface area (Å²) in [7, 11) is -3.92. The van der Waals surface area contributed by atoms with Gasteiger partial charge in [0.15, 0.2) is 0 Å². The Balaban J connectivity index is 0.000000233. The highest BCUT2D eigenvalue weighted by molar-refractivity contribution is 7.95. The van der Waals surface area contributed by atoms with E-state index in [-0.39, 0.29) is 11.1 Å². The fourth-order valence-electron chi connectivity index (χ4n) is 4.50. The molecule has 4 rings (SSSR count). The van der Waals surface area contributed by atoms with Crippen LogP contribution >= 0.6 is 7.26 Å². The molecule has 0 aliphatic heterocycles. The van der Waals surface area contributed by atoms with Crippen LogP contribution in [0.25, 0.3) is 0 Å². The Morgan fingerprint density at radius 1 is 0.683 bits per heavy atom. The van der Waals surface area contributed by atoms with Crippen molar-refractivity contribution in [3.63, 3.8) is 0 Å². The number of methoxy groups -OCH3 is 2. The minimum atomic E-state index is -4.55. The molecule has 41 heavy (non-hydrogen) atoms. The quantitative estimate of drug-likeness (QED) is 0.160. The number of rotatable bonds is 9. The highest BCUT2D eigenvalue weighted by Crippen LogP contribution is 2.55. The smallest absolute Gasteiger partial charge is 0.337 e. The van der Waals surface area contributed by atoms with Crippen molar-refractivity contribution >= 4 is 45.2 Å². The van der Waals surface area contributed by atoms with Gasteiger partial charge in [0.1, 0.15) is 23.2 Å². The highest BCUT2D eigenvalue weighted by atomic mass is 32.2. The van der Waals surface area contributed by atoms with Crippen LogP contribution < -0.4 is 15.9 Å². The van der Waals surface area contributed by atoms with Gasteiger partial charge < -0.3 is 9.47 Å². The largest absolute Gasteiger partial charge is 0.465 e. The van der Waals surface area contributed by atoms with Crippen LogP contribution in [0.4, 0.5) is 0 Å². The van der Waals surface area contributed by atoms with Crippen molar-refractivity contribution in [2.75, 3.05) is 20.4 Å². The molecule has 4 aromatic carbocycles. The summed E-state index contributed by atoms with van der Waals surface area (Å²) in [6.07, 6.45) is 3.72. The summed E-state index contributed by atoms with van der Waals surface area (Å²) in [5, 5.41) is 4.47. The van der Waals surface area contributed by atoms with Crippen molar-refractivity contribution in [3.8, 4) is 0 Å². The van der Waals surface area contributed by atoms with E-state index in [2.05, 4.69) is 107 Å². The molecule has 0 aliphatic carbocycles. The van der Waals surface area contributed by atoms with Crippen LogP contribution in [0, 0.1) is 0 Å². The number of carbonyl (C=O) groups excluding carboxylic acids is 2. The fraction of sp³-hybridized carbons (Fsp3) is 0.188. The molecule has 7 nitrogen and oxygen atoms in total. The maximum Gasteiger partial charge on any atom is 0.337 e. The molecule has 0 unspecified atom stereocenters. The average molecular weight is 594 g/mol. The summed E-state index contributed by atoms with van der Waals surface area (Å²) in [4.78, 5) is 22.0. The number of hydrogen-bond acceptors (Lipinski definition) is 6. The zero-order valence-electron chi connectivity index (χ0n) is 23.3. The molecule has 0 heterocycles. The Hall–Kier alpha value is -3.84. The van der Waals surface area contributed by atoms with Crippen LogP contribution in [0.15, 0.2) is 114 Å². The van der Waals surface area contributed by atoms with Gasteiger partial charge in [0, 0.05) is 0 Å². The molecule has 0 spiro atoms. The highest BCUT2D eigenvalue weighted by Gasteiger charge is 2.44. The van der Waals surface area contributed by atoms with Gasteiger partial charge in [0.2, 0.25) is 0 Å². The van der Waals surface area contributed by atoms with Crippen molar-refractivity contribution in [2.24, 2.45) is 0 Å². The van der Waals surface area contributed by atoms with Crippen molar-refractivity contribution in [1.82, 2.24) is 0 Å². The summed E-state index contributed by atoms with van der Waals surface area (Å²) >= 11 is 0. The molecule has 0 aliphatic rings. The van der Waals surface area contributed by atoms with Crippen LogP contribution in [0.3, 0.4) is 0 Å². The SMILES string of the molecule is CCCC[P+](c1ccccc1)(c1ccccc1)c1ccccc1.COC(=O)c1cc(C(=O)OC)cc(S(=O)(=O)O)c1. The number of esters is 2. The molecule has 1 N–H and O–H groups in total. The molecule has 9 heteroatoms. The van der Waals surface area contributed by atoms with Gasteiger partial charge in [-0.25, -0.2) is 9.59 Å². The molecule has 0 aromatic heterocycles. The Labute approximate surface area is 242 Å². The summed E-state index contributed by atoms with van der Waals surface area (Å²) in [5.41, 5.74) is -0.374. The van der Waals surface area contributed by atoms with Crippen molar-refractivity contribution in [3.05, 3.63) is 120 Å². The van der Waals surface area contributed by atoms with Gasteiger partial charge in [-0.2, -0.15) is 8.42 Å². The molecule has 0 fully saturated rings. The number of benzene rings is 4. The third-order valence-electron chi connectivity index (χ3n) is 6.48. The Kier molecular flexibility index (Phi) is 11.4. The fourth-order valence-corrected chi connectivity index (χ4v) is 9.55. The van der Waals surface area contributed by atoms with Crippen molar-refractivity contribution in [1.29, 1.82) is 0 Å². The second kappa shape index (κ2) is 14.7. The molecular formula is C32H34O7PS+. The van der Waals surface area contributed by atoms with Gasteiger partial charge in [-0.15, -0.1) is 0 Å². The molecule has 0 bridgehead atoms. The first-order valence-corrected chi connectivity index (χ1v) is 16.4. The molecule has 0 radical (unpaired) electrons. The zero-order chi connectivity index (χ0) is 29.9. The van der Waals surface area contributed by atoms with E-state index >= 15 is 0 Å². The number of ether oxygens (including phenoxy) is 2. The minimum Gasteiger partial charge on any atom is -0.465 e. The van der Waals surface area contributed by atoms with Gasteiger partial charge in [-0.1, -0.05) is 67.9 Å². The van der Waals surface area contributed by atoms with E-state index in [9.17, 15) is 18.0 Å². The molecule has 0 atom stereocenters. The summed E-state index contributed by atoms with van der Waals surface area (Å²) in [5.74, 6) is -1.68. The Bertz CT molecular complexity index is 1410. The normalized spacial score (nSPS) is 11.1. The third kappa shape index (κ3) is 7.88. The average Bonchev–Trinajstić information content (AvgIpc) is 3.02. The van der Waals surface area contributed by atoms with Gasteiger partial charge in [-0.3, -0.25) is 4.55 Å². The van der Waals surface area contributed by atoms with Gasteiger partial charge >= 0.3 is 11.9 Å². The number of carbonyl (C=O) groups is 2. The van der Waals surface area contributed by atoms with Gasteiger partial charge in [0.05, 0.1) is 36.4 Å². The first kappa shape index (κ1) is 31.7. The lowest BCUT2D eigenvalue weighted by Crippen LogP contribution is -2.33. The lowest BCUT2D eigenvalue weighted by Gasteiger charge is -2.27. The van der Waals surface area contributed by atoms with E-state index in [0.717, 1.165) is 32.4 Å². The van der Waals surface area contributed by atoms with Crippen LogP contribution in [0.2, 0.25) is 0 Å². The second-order valence-electron chi connectivity index (χ2n) is 9.10. The van der Waals surface area contributed by atoms with Crippen LogP contribution in [-0.2, 0) is 19.6 Å². The Morgan fingerprint density at radius 2 is 1.05 bits per heavy atom. The summed E-state index contributed by atoms with van der Waals surface area (Å²) in [6, 6.07) is 36.3. The minimum absolute atomic E-state index is 0.187.